The first kappa shape index (κ1) is 23.3. The van der Waals surface area contributed by atoms with Gasteiger partial charge in [0.1, 0.15) is 17.5 Å². The smallest absolute Gasteiger partial charge is 0.318 e. The van der Waals surface area contributed by atoms with E-state index in [2.05, 4.69) is 4.98 Å². The van der Waals surface area contributed by atoms with E-state index in [4.69, 9.17) is 26.1 Å². The Morgan fingerprint density at radius 3 is 2.79 bits per heavy atom. The molecule has 2 aliphatic heterocycles. The maximum Gasteiger partial charge on any atom is 0.318 e. The summed E-state index contributed by atoms with van der Waals surface area (Å²) in [5.41, 5.74) is 1.45. The topological polar surface area (TPSA) is 105 Å². The Hall–Kier alpha value is -2.91. The van der Waals surface area contributed by atoms with Gasteiger partial charge in [0.25, 0.3) is 0 Å². The van der Waals surface area contributed by atoms with Crippen molar-refractivity contribution < 1.29 is 24.2 Å². The highest BCUT2D eigenvalue weighted by Crippen LogP contribution is 2.40. The van der Waals surface area contributed by atoms with Gasteiger partial charge in [-0.3, -0.25) is 14.5 Å². The molecule has 1 aromatic carbocycles. The predicted molar refractivity (Wildman–Crippen MR) is 123 cm³/mol. The number of carbonyl (C=O) groups excluding carboxylic acids is 2. The fourth-order valence-electron chi connectivity index (χ4n) is 4.58. The van der Waals surface area contributed by atoms with Crippen LogP contribution < -0.4 is 14.5 Å². The summed E-state index contributed by atoms with van der Waals surface area (Å²) in [6, 6.07) is 5.21. The van der Waals surface area contributed by atoms with Crippen LogP contribution in [0.5, 0.6) is 5.75 Å². The zero-order chi connectivity index (χ0) is 23.7. The molecule has 0 bridgehead atoms. The minimum Gasteiger partial charge on any atom is -0.495 e. The number of hydrogen-bond donors (Lipinski definition) is 1. The van der Waals surface area contributed by atoms with Gasteiger partial charge < -0.3 is 19.5 Å². The molecule has 0 saturated carbocycles. The number of aliphatic hydroxyl groups is 1. The maximum absolute atomic E-state index is 13.5. The normalized spacial score (nSPS) is 22.3. The number of ether oxygens (including phenoxy) is 2. The Labute approximate surface area is 197 Å². The minimum absolute atomic E-state index is 0.00819. The molecule has 3 unspecified atom stereocenters. The lowest BCUT2D eigenvalue weighted by Crippen LogP contribution is -2.47. The standard InChI is InChI=1S/C23H27ClN4O5/c1-13-16-10-25-23(27-8-4-5-15(27)12-29)26-20(16)28(21(30)19(13)22(31)33-3)11-14-6-7-18(32-2)17(24)9-14/h6-7,9-10,13,15,19,29H,4-5,8,11-12H2,1-3H3. The number of aliphatic hydroxyl groups excluding tert-OH is 1. The van der Waals surface area contributed by atoms with Crippen LogP contribution in [0.1, 0.15) is 36.8 Å². The molecule has 0 aliphatic carbocycles. The van der Waals surface area contributed by atoms with E-state index in [1.807, 2.05) is 11.0 Å². The van der Waals surface area contributed by atoms with Crippen LogP contribution in [-0.2, 0) is 20.9 Å². The molecule has 3 heterocycles. The van der Waals surface area contributed by atoms with E-state index >= 15 is 0 Å². The van der Waals surface area contributed by atoms with Crippen LogP contribution in [0.3, 0.4) is 0 Å². The minimum atomic E-state index is -0.998. The number of rotatable bonds is 6. The monoisotopic (exact) mass is 474 g/mol. The molecule has 176 valence electrons. The van der Waals surface area contributed by atoms with E-state index in [9.17, 15) is 14.7 Å². The van der Waals surface area contributed by atoms with Crippen molar-refractivity contribution in [1.82, 2.24) is 9.97 Å². The SMILES string of the molecule is COC(=O)C1C(=O)N(Cc2ccc(OC)c(Cl)c2)c2nc(N3CCCC3CO)ncc2C1C. The van der Waals surface area contributed by atoms with E-state index < -0.39 is 23.7 Å². The number of halogens is 1. The van der Waals surface area contributed by atoms with Crippen molar-refractivity contribution in [2.24, 2.45) is 5.92 Å². The van der Waals surface area contributed by atoms with Gasteiger partial charge in [-0.2, -0.15) is 4.98 Å². The highest BCUT2D eigenvalue weighted by molar-refractivity contribution is 6.32. The molecule has 1 fully saturated rings. The van der Waals surface area contributed by atoms with Crippen molar-refractivity contribution in [3.63, 3.8) is 0 Å². The highest BCUT2D eigenvalue weighted by Gasteiger charge is 2.45. The number of esters is 1. The summed E-state index contributed by atoms with van der Waals surface area (Å²) >= 11 is 6.29. The first-order chi connectivity index (χ1) is 15.9. The zero-order valence-corrected chi connectivity index (χ0v) is 19.6. The van der Waals surface area contributed by atoms with E-state index in [1.165, 1.54) is 19.1 Å². The summed E-state index contributed by atoms with van der Waals surface area (Å²) in [5.74, 6) is -0.994. The van der Waals surface area contributed by atoms with Gasteiger partial charge in [0.2, 0.25) is 11.9 Å². The van der Waals surface area contributed by atoms with Crippen LogP contribution in [0, 0.1) is 5.92 Å². The molecular weight excluding hydrogens is 448 g/mol. The molecule has 1 aromatic heterocycles. The van der Waals surface area contributed by atoms with Gasteiger partial charge in [-0.15, -0.1) is 0 Å². The molecule has 3 atom stereocenters. The lowest BCUT2D eigenvalue weighted by Gasteiger charge is -2.36. The first-order valence-corrected chi connectivity index (χ1v) is 11.2. The van der Waals surface area contributed by atoms with Gasteiger partial charge >= 0.3 is 5.97 Å². The molecular formula is C23H27ClN4O5. The third kappa shape index (κ3) is 4.22. The summed E-state index contributed by atoms with van der Waals surface area (Å²) in [7, 11) is 2.80. The second kappa shape index (κ2) is 9.52. The number of carbonyl (C=O) groups is 2. The number of methoxy groups -OCH3 is 2. The van der Waals surface area contributed by atoms with Crippen molar-refractivity contribution in [2.45, 2.75) is 38.3 Å². The number of amides is 1. The average Bonchev–Trinajstić information content (AvgIpc) is 3.30. The van der Waals surface area contributed by atoms with E-state index in [1.54, 1.807) is 25.3 Å². The number of anilines is 2. The quantitative estimate of drug-likeness (QED) is 0.503. The van der Waals surface area contributed by atoms with E-state index in [0.717, 1.165) is 24.9 Å². The molecule has 9 nitrogen and oxygen atoms in total. The highest BCUT2D eigenvalue weighted by atomic mass is 35.5. The average molecular weight is 475 g/mol. The molecule has 1 saturated heterocycles. The molecule has 0 spiro atoms. The summed E-state index contributed by atoms with van der Waals surface area (Å²) in [6.07, 6.45) is 3.45. The fourth-order valence-corrected chi connectivity index (χ4v) is 4.86. The number of aromatic nitrogens is 2. The van der Waals surface area contributed by atoms with Crippen molar-refractivity contribution in [3.8, 4) is 5.75 Å². The van der Waals surface area contributed by atoms with Gasteiger partial charge in [0.15, 0.2) is 0 Å². The van der Waals surface area contributed by atoms with Crippen LogP contribution in [0.15, 0.2) is 24.4 Å². The van der Waals surface area contributed by atoms with Crippen molar-refractivity contribution in [2.75, 3.05) is 37.2 Å². The second-order valence-corrected chi connectivity index (χ2v) is 8.71. The Morgan fingerprint density at radius 2 is 2.12 bits per heavy atom. The molecule has 1 amide bonds. The summed E-state index contributed by atoms with van der Waals surface area (Å²) in [6.45, 7) is 2.70. The Bertz CT molecular complexity index is 1070. The Morgan fingerprint density at radius 1 is 1.33 bits per heavy atom. The molecule has 2 aromatic rings. The number of nitrogens with zero attached hydrogens (tertiary/aromatic N) is 4. The Balaban J connectivity index is 1.77. The first-order valence-electron chi connectivity index (χ1n) is 10.9. The summed E-state index contributed by atoms with van der Waals surface area (Å²) in [4.78, 5) is 38.7. The van der Waals surface area contributed by atoms with Gasteiger partial charge in [-0.1, -0.05) is 24.6 Å². The lowest BCUT2D eigenvalue weighted by molar-refractivity contribution is -0.150. The maximum atomic E-state index is 13.5. The molecule has 1 N–H and O–H groups in total. The lowest BCUT2D eigenvalue weighted by atomic mass is 9.83. The number of benzene rings is 1. The second-order valence-electron chi connectivity index (χ2n) is 8.30. The fraction of sp³-hybridized carbons (Fsp3) is 0.478. The zero-order valence-electron chi connectivity index (χ0n) is 18.8. The van der Waals surface area contributed by atoms with E-state index in [-0.39, 0.29) is 19.2 Å². The third-order valence-electron chi connectivity index (χ3n) is 6.42. The van der Waals surface area contributed by atoms with Crippen molar-refractivity contribution in [3.05, 3.63) is 40.5 Å². The third-order valence-corrected chi connectivity index (χ3v) is 6.71. The van der Waals surface area contributed by atoms with Crippen LogP contribution in [0.2, 0.25) is 5.02 Å². The molecule has 0 radical (unpaired) electrons. The van der Waals surface area contributed by atoms with Gasteiger partial charge in [-0.05, 0) is 30.5 Å². The summed E-state index contributed by atoms with van der Waals surface area (Å²) < 4.78 is 10.1. The van der Waals surface area contributed by atoms with Crippen molar-refractivity contribution in [1.29, 1.82) is 0 Å². The summed E-state index contributed by atoms with van der Waals surface area (Å²) in [5, 5.41) is 10.1. The predicted octanol–water partition coefficient (Wildman–Crippen LogP) is 2.54. The Kier molecular flexibility index (Phi) is 6.71. The molecule has 2 aliphatic rings. The van der Waals surface area contributed by atoms with Crippen LogP contribution in [0.25, 0.3) is 0 Å². The van der Waals surface area contributed by atoms with Crippen LogP contribution in [0.4, 0.5) is 11.8 Å². The van der Waals surface area contributed by atoms with Gasteiger partial charge in [-0.25, -0.2) is 4.98 Å². The van der Waals surface area contributed by atoms with Crippen LogP contribution in [-0.4, -0.2) is 60.4 Å². The molecule has 4 rings (SSSR count). The number of fused-ring (bicyclic) bond motifs is 1. The van der Waals surface area contributed by atoms with Crippen LogP contribution >= 0.6 is 11.6 Å². The van der Waals surface area contributed by atoms with Gasteiger partial charge in [0, 0.05) is 24.2 Å². The molecule has 10 heteroatoms. The largest absolute Gasteiger partial charge is 0.495 e. The van der Waals surface area contributed by atoms with E-state index in [0.29, 0.717) is 28.1 Å². The molecule has 33 heavy (non-hydrogen) atoms. The number of hydrogen-bond acceptors (Lipinski definition) is 8. The van der Waals surface area contributed by atoms with Gasteiger partial charge in [0.05, 0.1) is 38.4 Å². The van der Waals surface area contributed by atoms with Crippen molar-refractivity contribution >= 4 is 35.2 Å².